The molecular weight excluding hydrogens is 310 g/mol. The summed E-state index contributed by atoms with van der Waals surface area (Å²) >= 11 is 0. The van der Waals surface area contributed by atoms with Crippen molar-refractivity contribution < 1.29 is 9.66 Å². The second-order valence-corrected chi connectivity index (χ2v) is 5.39. The first-order valence-electron chi connectivity index (χ1n) is 7.18. The molecule has 3 aromatic rings. The van der Waals surface area contributed by atoms with Crippen molar-refractivity contribution in [2.45, 2.75) is 6.92 Å². The first-order chi connectivity index (χ1) is 11.5. The van der Waals surface area contributed by atoms with Gasteiger partial charge < -0.3 is 9.64 Å². The molecule has 0 bridgehead atoms. The minimum Gasteiger partial charge on any atom is -0.431 e. The Labute approximate surface area is 137 Å². The van der Waals surface area contributed by atoms with Gasteiger partial charge in [0.25, 0.3) is 0 Å². The summed E-state index contributed by atoms with van der Waals surface area (Å²) in [5, 5.41) is 12.3. The van der Waals surface area contributed by atoms with Gasteiger partial charge >= 0.3 is 11.6 Å². The first-order valence-corrected chi connectivity index (χ1v) is 7.18. The van der Waals surface area contributed by atoms with Gasteiger partial charge in [0, 0.05) is 25.2 Å². The first kappa shape index (κ1) is 15.6. The van der Waals surface area contributed by atoms with Crippen molar-refractivity contribution in [3.05, 3.63) is 52.5 Å². The van der Waals surface area contributed by atoms with Gasteiger partial charge in [0.15, 0.2) is 5.75 Å². The van der Waals surface area contributed by atoms with Crippen molar-refractivity contribution in [3.63, 3.8) is 0 Å². The van der Waals surface area contributed by atoms with Crippen molar-refractivity contribution in [2.24, 2.45) is 0 Å². The Morgan fingerprint density at radius 3 is 2.67 bits per heavy atom. The quantitative estimate of drug-likeness (QED) is 0.537. The van der Waals surface area contributed by atoms with E-state index in [0.717, 1.165) is 11.1 Å². The number of nitrogens with zero attached hydrogens (tertiary/aromatic N) is 5. The highest BCUT2D eigenvalue weighted by Gasteiger charge is 2.26. The van der Waals surface area contributed by atoms with Gasteiger partial charge in [-0.3, -0.25) is 10.1 Å². The van der Waals surface area contributed by atoms with Gasteiger partial charge in [0.05, 0.1) is 4.92 Å². The minimum atomic E-state index is -0.547. The van der Waals surface area contributed by atoms with Crippen LogP contribution in [0.2, 0.25) is 0 Å². The van der Waals surface area contributed by atoms with Gasteiger partial charge in [-0.15, -0.1) is 0 Å². The molecule has 0 aliphatic carbocycles. The van der Waals surface area contributed by atoms with E-state index in [9.17, 15) is 10.1 Å². The maximum Gasteiger partial charge on any atom is 0.373 e. The van der Waals surface area contributed by atoms with Crippen molar-refractivity contribution in [3.8, 4) is 11.6 Å². The van der Waals surface area contributed by atoms with Crippen LogP contribution in [-0.2, 0) is 0 Å². The topological polar surface area (TPSA) is 94.3 Å². The number of fused-ring (bicyclic) bond motifs is 1. The fourth-order valence-electron chi connectivity index (χ4n) is 2.32. The Morgan fingerprint density at radius 1 is 1.17 bits per heavy atom. The highest BCUT2D eigenvalue weighted by Crippen LogP contribution is 2.36. The number of hydrogen-bond acceptors (Lipinski definition) is 7. The molecule has 0 amide bonds. The number of pyridine rings is 1. The molecule has 0 unspecified atom stereocenters. The number of aromatic nitrogens is 3. The monoisotopic (exact) mass is 325 g/mol. The second-order valence-electron chi connectivity index (χ2n) is 5.39. The lowest BCUT2D eigenvalue weighted by atomic mass is 10.2. The van der Waals surface area contributed by atoms with Crippen LogP contribution in [0.25, 0.3) is 10.9 Å². The van der Waals surface area contributed by atoms with Crippen LogP contribution >= 0.6 is 0 Å². The average molecular weight is 325 g/mol. The maximum absolute atomic E-state index is 11.5. The van der Waals surface area contributed by atoms with Gasteiger partial charge in [-0.05, 0) is 19.1 Å². The summed E-state index contributed by atoms with van der Waals surface area (Å²) in [4.78, 5) is 24.8. The van der Waals surface area contributed by atoms with Crippen LogP contribution in [0.5, 0.6) is 11.6 Å². The molecule has 0 atom stereocenters. The van der Waals surface area contributed by atoms with Crippen molar-refractivity contribution in [1.82, 2.24) is 15.0 Å². The Kier molecular flexibility index (Phi) is 3.95. The molecule has 2 heterocycles. The Hall–Kier alpha value is -3.29. The molecule has 122 valence electrons. The minimum absolute atomic E-state index is 0.116. The third-order valence-electron chi connectivity index (χ3n) is 3.40. The average Bonchev–Trinajstić information content (AvgIpc) is 2.55. The molecule has 0 N–H and O–H groups in total. The molecule has 0 aliphatic rings. The number of nitro groups is 1. The third-order valence-corrected chi connectivity index (χ3v) is 3.40. The normalized spacial score (nSPS) is 10.6. The second kappa shape index (κ2) is 6.07. The summed E-state index contributed by atoms with van der Waals surface area (Å²) in [5.41, 5.74) is 1.16. The Bertz CT molecular complexity index is 927. The highest BCUT2D eigenvalue weighted by molar-refractivity contribution is 5.85. The van der Waals surface area contributed by atoms with Crippen LogP contribution in [-0.4, -0.2) is 34.0 Å². The van der Waals surface area contributed by atoms with Gasteiger partial charge in [-0.1, -0.05) is 18.2 Å². The molecular formula is C16H15N5O3. The van der Waals surface area contributed by atoms with Gasteiger partial charge in [-0.2, -0.15) is 4.98 Å². The van der Waals surface area contributed by atoms with E-state index in [-0.39, 0.29) is 17.4 Å². The molecule has 0 saturated carbocycles. The van der Waals surface area contributed by atoms with Gasteiger partial charge in [0.2, 0.25) is 5.82 Å². The number of benzene rings is 1. The van der Waals surface area contributed by atoms with E-state index >= 15 is 0 Å². The van der Waals surface area contributed by atoms with Crippen molar-refractivity contribution in [2.75, 3.05) is 19.0 Å². The number of hydrogen-bond donors (Lipinski definition) is 0. The zero-order chi connectivity index (χ0) is 17.3. The van der Waals surface area contributed by atoms with Crippen molar-refractivity contribution in [1.29, 1.82) is 0 Å². The molecule has 8 heteroatoms. The number of ether oxygens (including phenoxy) is 1. The summed E-state index contributed by atoms with van der Waals surface area (Å²) in [5.74, 6) is 0.464. The van der Waals surface area contributed by atoms with Crippen LogP contribution < -0.4 is 9.64 Å². The van der Waals surface area contributed by atoms with E-state index in [2.05, 4.69) is 15.0 Å². The number of aryl methyl sites for hydroxylation is 1. The van der Waals surface area contributed by atoms with E-state index in [1.165, 1.54) is 11.2 Å². The molecule has 8 nitrogen and oxygen atoms in total. The largest absolute Gasteiger partial charge is 0.431 e. The fraction of sp³-hybridized carbons (Fsp3) is 0.188. The summed E-state index contributed by atoms with van der Waals surface area (Å²) in [6.45, 7) is 1.87. The van der Waals surface area contributed by atoms with Crippen LogP contribution in [0.1, 0.15) is 5.69 Å². The van der Waals surface area contributed by atoms with Crippen LogP contribution in [0.3, 0.4) is 0 Å². The molecule has 3 rings (SSSR count). The molecule has 0 radical (unpaired) electrons. The van der Waals surface area contributed by atoms with Gasteiger partial charge in [0.1, 0.15) is 11.8 Å². The molecule has 24 heavy (non-hydrogen) atoms. The standard InChI is InChI=1S/C16H15N5O3/c1-10-7-8-11-5-4-6-12(13(11)19-10)24-16-14(21(22)23)15(20(2)3)17-9-18-16/h4-9H,1-3H3. The summed E-state index contributed by atoms with van der Waals surface area (Å²) < 4.78 is 5.75. The number of para-hydroxylation sites is 1. The summed E-state index contributed by atoms with van der Waals surface area (Å²) in [7, 11) is 3.34. The maximum atomic E-state index is 11.5. The van der Waals surface area contributed by atoms with Crippen LogP contribution in [0.4, 0.5) is 11.5 Å². The zero-order valence-electron chi connectivity index (χ0n) is 13.4. The molecule has 0 spiro atoms. The fourth-order valence-corrected chi connectivity index (χ4v) is 2.32. The molecule has 0 fully saturated rings. The van der Waals surface area contributed by atoms with E-state index < -0.39 is 4.92 Å². The molecule has 2 aromatic heterocycles. The zero-order valence-corrected chi connectivity index (χ0v) is 13.4. The lowest BCUT2D eigenvalue weighted by Gasteiger charge is -2.13. The van der Waals surface area contributed by atoms with E-state index in [4.69, 9.17) is 4.74 Å². The van der Waals surface area contributed by atoms with E-state index in [1.54, 1.807) is 26.2 Å². The molecule has 0 aliphatic heterocycles. The predicted molar refractivity (Wildman–Crippen MR) is 89.6 cm³/mol. The Balaban J connectivity index is 2.14. The predicted octanol–water partition coefficient (Wildman–Crippen LogP) is 3.10. The SMILES string of the molecule is Cc1ccc2cccc(Oc3ncnc(N(C)C)c3[N+](=O)[O-])c2n1. The number of anilines is 1. The molecule has 0 saturated heterocycles. The summed E-state index contributed by atoms with van der Waals surface area (Å²) in [6, 6.07) is 9.21. The third kappa shape index (κ3) is 2.81. The van der Waals surface area contributed by atoms with E-state index in [1.807, 2.05) is 25.1 Å². The lowest BCUT2D eigenvalue weighted by Crippen LogP contribution is -2.14. The van der Waals surface area contributed by atoms with Crippen molar-refractivity contribution >= 4 is 22.4 Å². The smallest absolute Gasteiger partial charge is 0.373 e. The van der Waals surface area contributed by atoms with E-state index in [0.29, 0.717) is 11.3 Å². The Morgan fingerprint density at radius 2 is 1.96 bits per heavy atom. The summed E-state index contributed by atoms with van der Waals surface area (Å²) in [6.07, 6.45) is 1.24. The highest BCUT2D eigenvalue weighted by atomic mass is 16.6. The lowest BCUT2D eigenvalue weighted by molar-refractivity contribution is -0.385. The van der Waals surface area contributed by atoms with Crippen LogP contribution in [0, 0.1) is 17.0 Å². The molecule has 1 aromatic carbocycles. The number of rotatable bonds is 4. The van der Waals surface area contributed by atoms with Gasteiger partial charge in [-0.25, -0.2) is 9.97 Å². The van der Waals surface area contributed by atoms with Crippen LogP contribution in [0.15, 0.2) is 36.7 Å².